The lowest BCUT2D eigenvalue weighted by atomic mass is 9.95. The fraction of sp³-hybridized carbons (Fsp3) is 0.500. The Kier molecular flexibility index (Phi) is 6.15. The van der Waals surface area contributed by atoms with Gasteiger partial charge < -0.3 is 0 Å². The molecule has 0 aliphatic rings. The molecule has 0 N–H and O–H groups in total. The molecule has 1 atom stereocenters. The molecule has 0 saturated heterocycles. The summed E-state index contributed by atoms with van der Waals surface area (Å²) in [5.41, 5.74) is 4.28. The van der Waals surface area contributed by atoms with Crippen LogP contribution in [0.15, 0.2) is 29.8 Å². The molecule has 1 heterocycles. The molecule has 0 amide bonds. The van der Waals surface area contributed by atoms with Gasteiger partial charge in [-0.25, -0.2) is 0 Å². The highest BCUT2D eigenvalue weighted by Gasteiger charge is 2.07. The van der Waals surface area contributed by atoms with Gasteiger partial charge in [0.25, 0.3) is 0 Å². The zero-order chi connectivity index (χ0) is 10.9. The zero-order valence-electron chi connectivity index (χ0n) is 9.46. The van der Waals surface area contributed by atoms with Crippen LogP contribution in [-0.4, -0.2) is 0 Å². The van der Waals surface area contributed by atoms with Crippen molar-refractivity contribution >= 4 is 11.3 Å². The molecule has 15 heavy (non-hydrogen) atoms. The lowest BCUT2D eigenvalue weighted by Gasteiger charge is -2.09. The Bertz CT molecular complexity index is 291. The summed E-state index contributed by atoms with van der Waals surface area (Å²) in [4.78, 5) is 0. The van der Waals surface area contributed by atoms with E-state index in [1.165, 1.54) is 37.7 Å². The molecular weight excluding hydrogens is 200 g/mol. The quantitative estimate of drug-likeness (QED) is 0.450. The minimum atomic E-state index is 0.502. The van der Waals surface area contributed by atoms with E-state index in [4.69, 9.17) is 0 Å². The summed E-state index contributed by atoms with van der Waals surface area (Å²) in [7, 11) is 0. The van der Waals surface area contributed by atoms with Gasteiger partial charge in [-0.05, 0) is 29.5 Å². The molecule has 0 spiro atoms. The molecule has 81 valence electrons. The minimum absolute atomic E-state index is 0.502. The van der Waals surface area contributed by atoms with Crippen molar-refractivity contribution in [3.8, 4) is 0 Å². The summed E-state index contributed by atoms with van der Waals surface area (Å²) in [5.74, 6) is 0.502. The van der Waals surface area contributed by atoms with Gasteiger partial charge in [0.1, 0.15) is 0 Å². The molecule has 0 fully saturated rings. The lowest BCUT2D eigenvalue weighted by molar-refractivity contribution is 0.605. The maximum absolute atomic E-state index is 3.67. The van der Waals surface area contributed by atoms with Crippen molar-refractivity contribution in [2.45, 2.75) is 44.9 Å². The Morgan fingerprint density at radius 2 is 2.40 bits per heavy atom. The second kappa shape index (κ2) is 7.50. The standard InChI is InChI=1S/C14H19S/c1-3-5-6-7-9-13(8-4-2)14-10-11-15-12-14/h8,10,12-13H,2-3,5-7,9H2,1H3. The van der Waals surface area contributed by atoms with Crippen molar-refractivity contribution in [1.29, 1.82) is 0 Å². The summed E-state index contributed by atoms with van der Waals surface area (Å²) >= 11 is 1.64. The van der Waals surface area contributed by atoms with Crippen LogP contribution < -0.4 is 0 Å². The molecule has 0 aliphatic carbocycles. The molecule has 0 nitrogen and oxygen atoms in total. The van der Waals surface area contributed by atoms with E-state index in [0.717, 1.165) is 0 Å². The molecular formula is C14H19S. The second-order valence-electron chi connectivity index (χ2n) is 3.82. The van der Waals surface area contributed by atoms with E-state index in [9.17, 15) is 0 Å². The van der Waals surface area contributed by atoms with E-state index >= 15 is 0 Å². The van der Waals surface area contributed by atoms with Crippen LogP contribution in [0.5, 0.6) is 0 Å². The van der Waals surface area contributed by atoms with Crippen LogP contribution in [0.3, 0.4) is 0 Å². The average Bonchev–Trinajstić information content (AvgIpc) is 2.76. The van der Waals surface area contributed by atoms with Gasteiger partial charge >= 0.3 is 0 Å². The number of hydrogen-bond acceptors (Lipinski definition) is 1. The predicted octanol–water partition coefficient (Wildman–Crippen LogP) is 4.94. The van der Waals surface area contributed by atoms with Crippen molar-refractivity contribution in [1.82, 2.24) is 0 Å². The molecule has 0 saturated carbocycles. The fourth-order valence-electron chi connectivity index (χ4n) is 1.71. The monoisotopic (exact) mass is 219 g/mol. The third kappa shape index (κ3) is 4.51. The smallest absolute Gasteiger partial charge is 0.0445 e. The zero-order valence-corrected chi connectivity index (χ0v) is 10.3. The van der Waals surface area contributed by atoms with Crippen molar-refractivity contribution in [2.75, 3.05) is 0 Å². The first-order valence-corrected chi connectivity index (χ1v) is 6.57. The lowest BCUT2D eigenvalue weighted by Crippen LogP contribution is -1.93. The van der Waals surface area contributed by atoms with Crippen molar-refractivity contribution in [3.05, 3.63) is 40.8 Å². The van der Waals surface area contributed by atoms with Crippen LogP contribution in [0.25, 0.3) is 0 Å². The van der Waals surface area contributed by atoms with Crippen LogP contribution in [0.1, 0.15) is 50.5 Å². The maximum Gasteiger partial charge on any atom is 0.0445 e. The largest absolute Gasteiger partial charge is 0.143 e. The molecule has 1 heteroatoms. The molecule has 1 rings (SSSR count). The number of allylic oxidation sites excluding steroid dienone is 1. The Morgan fingerprint density at radius 3 is 3.00 bits per heavy atom. The molecule has 0 aromatic carbocycles. The summed E-state index contributed by atoms with van der Waals surface area (Å²) < 4.78 is 0. The molecule has 0 bridgehead atoms. The summed E-state index contributed by atoms with van der Waals surface area (Å²) in [5, 5.41) is 5.32. The van der Waals surface area contributed by atoms with E-state index in [0.29, 0.717) is 5.92 Å². The normalized spacial score (nSPS) is 12.1. The average molecular weight is 219 g/mol. The number of rotatable bonds is 7. The highest BCUT2D eigenvalue weighted by Crippen LogP contribution is 2.25. The van der Waals surface area contributed by atoms with Crippen LogP contribution in [0.4, 0.5) is 0 Å². The first-order valence-electron chi connectivity index (χ1n) is 5.69. The molecule has 1 aromatic rings. The Morgan fingerprint density at radius 1 is 1.53 bits per heavy atom. The minimum Gasteiger partial charge on any atom is -0.143 e. The number of hydrogen-bond donors (Lipinski definition) is 0. The van der Waals surface area contributed by atoms with Gasteiger partial charge in [-0.15, -0.1) is 17.1 Å². The van der Waals surface area contributed by atoms with Gasteiger partial charge in [0.15, 0.2) is 0 Å². The first kappa shape index (κ1) is 12.3. The maximum atomic E-state index is 3.67. The van der Waals surface area contributed by atoms with Crippen molar-refractivity contribution < 1.29 is 0 Å². The van der Waals surface area contributed by atoms with E-state index < -0.39 is 0 Å². The predicted molar refractivity (Wildman–Crippen MR) is 68.4 cm³/mol. The molecule has 0 aliphatic heterocycles. The number of unbranched alkanes of at least 4 members (excludes halogenated alkanes) is 3. The second-order valence-corrected chi connectivity index (χ2v) is 4.53. The fourth-order valence-corrected chi connectivity index (χ4v) is 2.36. The van der Waals surface area contributed by atoms with Crippen LogP contribution in [0.2, 0.25) is 0 Å². The summed E-state index contributed by atoms with van der Waals surface area (Å²) in [6, 6.07) is 2.09. The molecule has 1 aromatic heterocycles. The Balaban J connectivity index is 2.42. The van der Waals surface area contributed by atoms with Crippen LogP contribution in [0, 0.1) is 5.38 Å². The van der Waals surface area contributed by atoms with Crippen LogP contribution in [-0.2, 0) is 0 Å². The van der Waals surface area contributed by atoms with Gasteiger partial charge in [0.05, 0.1) is 0 Å². The third-order valence-electron chi connectivity index (χ3n) is 2.60. The van der Waals surface area contributed by atoms with Gasteiger partial charge in [0, 0.05) is 11.3 Å². The summed E-state index contributed by atoms with van der Waals surface area (Å²) in [6.07, 6.45) is 8.59. The van der Waals surface area contributed by atoms with Crippen molar-refractivity contribution in [3.63, 3.8) is 0 Å². The summed E-state index contributed by atoms with van der Waals surface area (Å²) in [6.45, 7) is 5.91. The van der Waals surface area contributed by atoms with Gasteiger partial charge in [0.2, 0.25) is 0 Å². The SMILES string of the molecule is C=C=CC(CCCCCC)c1c[c]sc1. The van der Waals surface area contributed by atoms with Gasteiger partial charge in [-0.1, -0.05) is 39.2 Å². The van der Waals surface area contributed by atoms with Crippen molar-refractivity contribution in [2.24, 2.45) is 0 Å². The highest BCUT2D eigenvalue weighted by atomic mass is 32.1. The number of thiophene rings is 1. The van der Waals surface area contributed by atoms with E-state index in [2.05, 4.69) is 42.1 Å². The Hall–Kier alpha value is -0.780. The van der Waals surface area contributed by atoms with Gasteiger partial charge in [-0.3, -0.25) is 0 Å². The first-order chi connectivity index (χ1) is 7.38. The van der Waals surface area contributed by atoms with E-state index in [1.807, 2.05) is 0 Å². The Labute approximate surface area is 97.3 Å². The van der Waals surface area contributed by atoms with Crippen LogP contribution >= 0.6 is 11.3 Å². The molecule has 1 unspecified atom stereocenters. The van der Waals surface area contributed by atoms with E-state index in [1.54, 1.807) is 11.3 Å². The van der Waals surface area contributed by atoms with E-state index in [-0.39, 0.29) is 0 Å². The third-order valence-corrected chi connectivity index (χ3v) is 3.25. The molecule has 1 radical (unpaired) electrons. The topological polar surface area (TPSA) is 0 Å². The highest BCUT2D eigenvalue weighted by molar-refractivity contribution is 7.07. The van der Waals surface area contributed by atoms with Gasteiger partial charge in [-0.2, -0.15) is 0 Å².